The first-order valence-electron chi connectivity index (χ1n) is 10.4. The number of ether oxygens (including phenoxy) is 2. The molecule has 1 aliphatic rings. The van der Waals surface area contributed by atoms with Gasteiger partial charge in [-0.1, -0.05) is 24.3 Å². The van der Waals surface area contributed by atoms with Crippen LogP contribution in [0.25, 0.3) is 11.2 Å². The van der Waals surface area contributed by atoms with Crippen LogP contribution >= 0.6 is 0 Å². The van der Waals surface area contributed by atoms with Crippen molar-refractivity contribution in [3.63, 3.8) is 0 Å². The second kappa shape index (κ2) is 9.46. The normalized spacial score (nSPS) is 15.5. The van der Waals surface area contributed by atoms with Gasteiger partial charge in [-0.3, -0.25) is 9.47 Å². The van der Waals surface area contributed by atoms with E-state index in [-0.39, 0.29) is 17.5 Å². The van der Waals surface area contributed by atoms with Gasteiger partial charge in [0.2, 0.25) is 0 Å². The molecular weight excluding hydrogens is 398 g/mol. The van der Waals surface area contributed by atoms with E-state index < -0.39 is 0 Å². The van der Waals surface area contributed by atoms with E-state index in [0.717, 1.165) is 38.3 Å². The van der Waals surface area contributed by atoms with Crippen molar-refractivity contribution in [3.05, 3.63) is 45.9 Å². The van der Waals surface area contributed by atoms with Crippen molar-refractivity contribution in [3.8, 4) is 6.01 Å². The van der Waals surface area contributed by atoms with Crippen molar-refractivity contribution in [1.82, 2.24) is 29.3 Å². The molecule has 1 saturated heterocycles. The first-order valence-corrected chi connectivity index (χ1v) is 10.4. The Morgan fingerprint density at radius 2 is 1.84 bits per heavy atom. The van der Waals surface area contributed by atoms with Crippen LogP contribution in [0.15, 0.2) is 29.1 Å². The Morgan fingerprint density at radius 3 is 2.58 bits per heavy atom. The number of aromatic amines is 1. The van der Waals surface area contributed by atoms with Crippen LogP contribution in [-0.2, 0) is 17.8 Å². The molecule has 0 aliphatic carbocycles. The highest BCUT2D eigenvalue weighted by molar-refractivity contribution is 5.81. The van der Waals surface area contributed by atoms with Gasteiger partial charge in [-0.25, -0.2) is 4.79 Å². The van der Waals surface area contributed by atoms with Crippen LogP contribution in [0.2, 0.25) is 0 Å². The van der Waals surface area contributed by atoms with Crippen molar-refractivity contribution in [2.45, 2.75) is 13.1 Å². The minimum absolute atomic E-state index is 0.124. The smallest absolute Gasteiger partial charge is 0.328 e. The SMILES string of the molecule is COCCOc1nc(N)c2[nH]c(=O)n(Cc3cccc(CN4CCN(C)CC4)c3)c2n1. The lowest BCUT2D eigenvalue weighted by molar-refractivity contribution is 0.141. The Hall–Kier alpha value is -2.95. The standard InChI is InChI=1S/C21H29N7O3/c1-26-6-8-27(9-7-26)13-15-4-3-5-16(12-15)14-28-19-17(23-21(28)29)18(22)24-20(25-19)31-11-10-30-2/h3-5,12H,6-11,13-14H2,1-2H3,(H,23,29)(H2,22,24,25). The quantitative estimate of drug-likeness (QED) is 0.500. The van der Waals surface area contributed by atoms with Gasteiger partial charge in [0, 0.05) is 39.8 Å². The van der Waals surface area contributed by atoms with Gasteiger partial charge in [0.25, 0.3) is 0 Å². The van der Waals surface area contributed by atoms with E-state index in [2.05, 4.69) is 43.9 Å². The number of H-pyrrole nitrogens is 1. The van der Waals surface area contributed by atoms with E-state index in [9.17, 15) is 4.79 Å². The Balaban J connectivity index is 1.55. The van der Waals surface area contributed by atoms with E-state index in [1.165, 1.54) is 5.56 Å². The van der Waals surface area contributed by atoms with Crippen LogP contribution in [0.5, 0.6) is 6.01 Å². The number of fused-ring (bicyclic) bond motifs is 1. The molecule has 3 N–H and O–H groups in total. The number of rotatable bonds is 8. The average molecular weight is 428 g/mol. The molecule has 2 aromatic heterocycles. The predicted octanol–water partition coefficient (Wildman–Crippen LogP) is 0.523. The first-order chi connectivity index (χ1) is 15.0. The van der Waals surface area contributed by atoms with Crippen LogP contribution in [0, 0.1) is 0 Å². The van der Waals surface area contributed by atoms with Crippen molar-refractivity contribution in [2.75, 3.05) is 59.3 Å². The summed E-state index contributed by atoms with van der Waals surface area (Å²) in [5.41, 5.74) is 8.83. The molecule has 10 heteroatoms. The fraction of sp³-hybridized carbons (Fsp3) is 0.476. The number of hydrogen-bond donors (Lipinski definition) is 2. The maximum Gasteiger partial charge on any atom is 0.328 e. The lowest BCUT2D eigenvalue weighted by Crippen LogP contribution is -2.43. The van der Waals surface area contributed by atoms with Gasteiger partial charge in [0.05, 0.1) is 13.2 Å². The number of piperazine rings is 1. The number of benzene rings is 1. The molecule has 0 unspecified atom stereocenters. The Kier molecular flexibility index (Phi) is 6.50. The molecule has 166 valence electrons. The molecule has 0 spiro atoms. The van der Waals surface area contributed by atoms with Crippen LogP contribution in [-0.4, -0.2) is 82.9 Å². The first kappa shape index (κ1) is 21.3. The minimum atomic E-state index is -0.283. The topological polar surface area (TPSA) is 115 Å². The van der Waals surface area contributed by atoms with E-state index in [1.54, 1.807) is 11.7 Å². The van der Waals surface area contributed by atoms with Crippen LogP contribution in [0.1, 0.15) is 11.1 Å². The molecule has 1 aromatic carbocycles. The van der Waals surface area contributed by atoms with Gasteiger partial charge >= 0.3 is 11.7 Å². The molecule has 31 heavy (non-hydrogen) atoms. The zero-order valence-corrected chi connectivity index (χ0v) is 18.0. The number of nitrogens with zero attached hydrogens (tertiary/aromatic N) is 5. The molecular formula is C21H29N7O3. The third-order valence-corrected chi connectivity index (χ3v) is 5.48. The maximum absolute atomic E-state index is 12.6. The van der Waals surface area contributed by atoms with Gasteiger partial charge in [0.1, 0.15) is 12.1 Å². The second-order valence-corrected chi connectivity index (χ2v) is 7.85. The molecule has 3 heterocycles. The lowest BCUT2D eigenvalue weighted by atomic mass is 10.1. The average Bonchev–Trinajstić information content (AvgIpc) is 3.06. The molecule has 0 bridgehead atoms. The summed E-state index contributed by atoms with van der Waals surface area (Å²) >= 11 is 0. The number of nitrogen functional groups attached to an aromatic ring is 1. The van der Waals surface area contributed by atoms with E-state index in [0.29, 0.717) is 30.9 Å². The molecule has 1 fully saturated rings. The molecule has 0 atom stereocenters. The van der Waals surface area contributed by atoms with Crippen LogP contribution in [0.3, 0.4) is 0 Å². The largest absolute Gasteiger partial charge is 0.461 e. The van der Waals surface area contributed by atoms with Crippen molar-refractivity contribution in [1.29, 1.82) is 0 Å². The Bertz CT molecular complexity index is 1090. The predicted molar refractivity (Wildman–Crippen MR) is 118 cm³/mol. The third kappa shape index (κ3) is 5.04. The fourth-order valence-corrected chi connectivity index (χ4v) is 3.73. The number of likely N-dealkylation sites (N-methyl/N-ethyl adjacent to an activating group) is 1. The van der Waals surface area contributed by atoms with E-state index in [1.807, 2.05) is 12.1 Å². The molecule has 0 radical (unpaired) electrons. The monoisotopic (exact) mass is 427 g/mol. The van der Waals surface area contributed by atoms with Gasteiger partial charge in [0.15, 0.2) is 11.5 Å². The van der Waals surface area contributed by atoms with Gasteiger partial charge < -0.3 is 25.1 Å². The number of nitrogens with one attached hydrogen (secondary N) is 1. The van der Waals surface area contributed by atoms with Gasteiger partial charge in [-0.2, -0.15) is 9.97 Å². The summed E-state index contributed by atoms with van der Waals surface area (Å²) in [6, 6.07) is 8.44. The van der Waals surface area contributed by atoms with Crippen LogP contribution < -0.4 is 16.2 Å². The van der Waals surface area contributed by atoms with Gasteiger partial charge in [-0.05, 0) is 18.2 Å². The Labute approximate surface area is 180 Å². The molecule has 4 rings (SSSR count). The van der Waals surface area contributed by atoms with Crippen molar-refractivity contribution >= 4 is 17.0 Å². The highest BCUT2D eigenvalue weighted by Gasteiger charge is 2.16. The summed E-state index contributed by atoms with van der Waals surface area (Å²) in [4.78, 5) is 28.7. The zero-order valence-electron chi connectivity index (χ0n) is 18.0. The minimum Gasteiger partial charge on any atom is -0.461 e. The molecule has 3 aromatic rings. The number of nitrogens with two attached hydrogens (primary N) is 1. The summed E-state index contributed by atoms with van der Waals surface area (Å²) in [7, 11) is 3.74. The molecule has 10 nitrogen and oxygen atoms in total. The number of aromatic nitrogens is 4. The summed E-state index contributed by atoms with van der Waals surface area (Å²) < 4.78 is 12.0. The van der Waals surface area contributed by atoms with Crippen LogP contribution in [0.4, 0.5) is 5.82 Å². The van der Waals surface area contributed by atoms with Gasteiger partial charge in [-0.15, -0.1) is 0 Å². The fourth-order valence-electron chi connectivity index (χ4n) is 3.73. The maximum atomic E-state index is 12.6. The van der Waals surface area contributed by atoms with E-state index in [4.69, 9.17) is 15.2 Å². The summed E-state index contributed by atoms with van der Waals surface area (Å²) in [5.74, 6) is 0.178. The number of hydrogen-bond acceptors (Lipinski definition) is 8. The third-order valence-electron chi connectivity index (χ3n) is 5.48. The Morgan fingerprint density at radius 1 is 1.10 bits per heavy atom. The lowest BCUT2D eigenvalue weighted by Gasteiger charge is -2.32. The second-order valence-electron chi connectivity index (χ2n) is 7.85. The zero-order chi connectivity index (χ0) is 21.8. The van der Waals surface area contributed by atoms with E-state index >= 15 is 0 Å². The molecule has 0 amide bonds. The summed E-state index contributed by atoms with van der Waals surface area (Å²) in [6.45, 7) is 6.27. The summed E-state index contributed by atoms with van der Waals surface area (Å²) in [6.07, 6.45) is 0. The molecule has 0 saturated carbocycles. The van der Waals surface area contributed by atoms with Crippen molar-refractivity contribution in [2.24, 2.45) is 0 Å². The van der Waals surface area contributed by atoms with Crippen molar-refractivity contribution < 1.29 is 9.47 Å². The highest BCUT2D eigenvalue weighted by Crippen LogP contribution is 2.19. The number of anilines is 1. The number of imidazole rings is 1. The summed E-state index contributed by atoms with van der Waals surface area (Å²) in [5, 5.41) is 0. The number of methoxy groups -OCH3 is 1. The molecule has 1 aliphatic heterocycles. The highest BCUT2D eigenvalue weighted by atomic mass is 16.5.